The minimum absolute atomic E-state index is 0.0636. The van der Waals surface area contributed by atoms with Crippen molar-refractivity contribution in [1.29, 1.82) is 0 Å². The van der Waals surface area contributed by atoms with Crippen molar-refractivity contribution in [3.8, 4) is 0 Å². The zero-order chi connectivity index (χ0) is 19.2. The van der Waals surface area contributed by atoms with Crippen LogP contribution in [0.3, 0.4) is 0 Å². The molecule has 1 aromatic carbocycles. The summed E-state index contributed by atoms with van der Waals surface area (Å²) in [6.45, 7) is 5.32. The molecule has 0 fully saturated rings. The minimum atomic E-state index is -3.78. The smallest absolute Gasteiger partial charge is 0.267 e. The lowest BCUT2D eigenvalue weighted by molar-refractivity contribution is 0.390. The summed E-state index contributed by atoms with van der Waals surface area (Å²) in [5, 5.41) is 3.70. The van der Waals surface area contributed by atoms with Crippen LogP contribution < -0.4 is 9.62 Å². The number of aryl methyl sites for hydroxylation is 2. The summed E-state index contributed by atoms with van der Waals surface area (Å²) in [5.41, 5.74) is 3.14. The molecule has 8 heteroatoms. The Hall–Kier alpha value is -2.87. The van der Waals surface area contributed by atoms with Crippen LogP contribution in [-0.4, -0.2) is 24.6 Å². The average molecular weight is 384 g/mol. The number of fused-ring (bicyclic) bond motifs is 1. The zero-order valence-corrected chi connectivity index (χ0v) is 16.1. The van der Waals surface area contributed by atoms with Crippen LogP contribution in [0.15, 0.2) is 52.0 Å². The molecule has 7 nitrogen and oxygen atoms in total. The average Bonchev–Trinajstić information content (AvgIpc) is 3.14. The van der Waals surface area contributed by atoms with Crippen LogP contribution in [0.4, 0.5) is 17.2 Å². The predicted octanol–water partition coefficient (Wildman–Crippen LogP) is 3.57. The number of para-hydroxylation sites is 1. The van der Waals surface area contributed by atoms with Crippen molar-refractivity contribution in [2.45, 2.75) is 38.1 Å². The first-order valence-electron chi connectivity index (χ1n) is 8.65. The first kappa shape index (κ1) is 17.5. The highest BCUT2D eigenvalue weighted by molar-refractivity contribution is 7.92. The van der Waals surface area contributed by atoms with Crippen molar-refractivity contribution in [2.24, 2.45) is 0 Å². The standard InChI is InChI=1S/C19H20N4O3S/c1-12-10-15-6-4-5-7-17(15)23(12)18-9-8-16(11-20-18)22-27(24,25)19-13(2)21-26-14(19)3/h4-9,11-12,22H,10H2,1-3H3. The Balaban J connectivity index is 1.60. The number of nitrogens with one attached hydrogen (secondary N) is 1. The van der Waals surface area contributed by atoms with Gasteiger partial charge in [-0.25, -0.2) is 13.4 Å². The van der Waals surface area contributed by atoms with E-state index in [0.717, 1.165) is 17.9 Å². The van der Waals surface area contributed by atoms with Crippen molar-refractivity contribution >= 4 is 27.2 Å². The van der Waals surface area contributed by atoms with Crippen LogP contribution in [0.2, 0.25) is 0 Å². The van der Waals surface area contributed by atoms with E-state index in [9.17, 15) is 8.42 Å². The van der Waals surface area contributed by atoms with E-state index in [1.165, 1.54) is 11.8 Å². The van der Waals surface area contributed by atoms with Crippen molar-refractivity contribution in [3.05, 3.63) is 59.6 Å². The van der Waals surface area contributed by atoms with Crippen molar-refractivity contribution < 1.29 is 12.9 Å². The third kappa shape index (κ3) is 3.06. The van der Waals surface area contributed by atoms with Gasteiger partial charge in [0.25, 0.3) is 10.0 Å². The van der Waals surface area contributed by atoms with Gasteiger partial charge in [0.15, 0.2) is 10.7 Å². The molecule has 3 aromatic rings. The maximum absolute atomic E-state index is 12.6. The van der Waals surface area contributed by atoms with Gasteiger partial charge in [-0.2, -0.15) is 0 Å². The third-order valence-electron chi connectivity index (χ3n) is 4.69. The number of aromatic nitrogens is 2. The first-order valence-corrected chi connectivity index (χ1v) is 10.1. The Morgan fingerprint density at radius 3 is 2.63 bits per heavy atom. The molecular weight excluding hydrogens is 364 g/mol. The van der Waals surface area contributed by atoms with Gasteiger partial charge in [-0.15, -0.1) is 0 Å². The molecule has 1 N–H and O–H groups in total. The molecule has 140 valence electrons. The Morgan fingerprint density at radius 1 is 1.19 bits per heavy atom. The summed E-state index contributed by atoms with van der Waals surface area (Å²) in [4.78, 5) is 6.71. The summed E-state index contributed by atoms with van der Waals surface area (Å²) >= 11 is 0. The quantitative estimate of drug-likeness (QED) is 0.740. The fourth-order valence-electron chi connectivity index (χ4n) is 3.57. The summed E-state index contributed by atoms with van der Waals surface area (Å²) < 4.78 is 32.7. The molecule has 2 aromatic heterocycles. The number of hydrogen-bond donors (Lipinski definition) is 1. The van der Waals surface area contributed by atoms with E-state index in [-0.39, 0.29) is 10.7 Å². The van der Waals surface area contributed by atoms with Gasteiger partial charge in [-0.1, -0.05) is 23.4 Å². The SMILES string of the molecule is Cc1noc(C)c1S(=O)(=O)Nc1ccc(N2c3ccccc3CC2C)nc1. The zero-order valence-electron chi connectivity index (χ0n) is 15.3. The second-order valence-electron chi connectivity index (χ2n) is 6.72. The topological polar surface area (TPSA) is 88.3 Å². The fraction of sp³-hybridized carbons (Fsp3) is 0.263. The number of sulfonamides is 1. The Morgan fingerprint density at radius 2 is 1.96 bits per heavy atom. The third-order valence-corrected chi connectivity index (χ3v) is 6.32. The number of nitrogens with zero attached hydrogens (tertiary/aromatic N) is 3. The van der Waals surface area contributed by atoms with Crippen LogP contribution in [0, 0.1) is 13.8 Å². The number of hydrogen-bond acceptors (Lipinski definition) is 6. The number of pyridine rings is 1. The molecule has 0 aliphatic carbocycles. The summed E-state index contributed by atoms with van der Waals surface area (Å²) in [6, 6.07) is 12.1. The Kier molecular flexibility index (Phi) is 4.15. The molecule has 0 amide bonds. The molecule has 0 spiro atoms. The van der Waals surface area contributed by atoms with E-state index in [1.54, 1.807) is 19.9 Å². The second kappa shape index (κ2) is 6.38. The molecule has 3 heterocycles. The number of benzene rings is 1. The van der Waals surface area contributed by atoms with E-state index in [4.69, 9.17) is 4.52 Å². The highest BCUT2D eigenvalue weighted by Gasteiger charge is 2.28. The van der Waals surface area contributed by atoms with Crippen LogP contribution >= 0.6 is 0 Å². The molecule has 1 unspecified atom stereocenters. The normalized spacial score (nSPS) is 16.4. The predicted molar refractivity (Wildman–Crippen MR) is 103 cm³/mol. The Labute approximate surface area is 158 Å². The van der Waals surface area contributed by atoms with Gasteiger partial charge < -0.3 is 9.42 Å². The maximum Gasteiger partial charge on any atom is 0.267 e. The van der Waals surface area contributed by atoms with Gasteiger partial charge in [0.05, 0.1) is 11.9 Å². The molecule has 0 saturated carbocycles. The highest BCUT2D eigenvalue weighted by atomic mass is 32.2. The lowest BCUT2D eigenvalue weighted by atomic mass is 10.1. The molecule has 0 bridgehead atoms. The van der Waals surface area contributed by atoms with Crippen LogP contribution in [0.25, 0.3) is 0 Å². The molecule has 1 aliphatic heterocycles. The number of anilines is 3. The molecule has 0 saturated heterocycles. The van der Waals surface area contributed by atoms with E-state index < -0.39 is 10.0 Å². The van der Waals surface area contributed by atoms with Gasteiger partial charge in [0, 0.05) is 11.7 Å². The van der Waals surface area contributed by atoms with Gasteiger partial charge in [-0.05, 0) is 51.0 Å². The van der Waals surface area contributed by atoms with Crippen molar-refractivity contribution in [1.82, 2.24) is 10.1 Å². The summed E-state index contributed by atoms with van der Waals surface area (Å²) in [7, 11) is -3.78. The fourth-order valence-corrected chi connectivity index (χ4v) is 4.94. The minimum Gasteiger partial charge on any atom is -0.360 e. The van der Waals surface area contributed by atoms with E-state index in [0.29, 0.717) is 17.4 Å². The lowest BCUT2D eigenvalue weighted by Gasteiger charge is -2.24. The first-order chi connectivity index (χ1) is 12.9. The monoisotopic (exact) mass is 384 g/mol. The molecule has 1 atom stereocenters. The molecular formula is C19H20N4O3S. The van der Waals surface area contributed by atoms with Crippen LogP contribution in [-0.2, 0) is 16.4 Å². The Bertz CT molecular complexity index is 1070. The van der Waals surface area contributed by atoms with Gasteiger partial charge in [-0.3, -0.25) is 4.72 Å². The lowest BCUT2D eigenvalue weighted by Crippen LogP contribution is -2.24. The molecule has 1 aliphatic rings. The van der Waals surface area contributed by atoms with Crippen LogP contribution in [0.5, 0.6) is 0 Å². The van der Waals surface area contributed by atoms with E-state index in [2.05, 4.69) is 38.8 Å². The van der Waals surface area contributed by atoms with E-state index >= 15 is 0 Å². The molecule has 27 heavy (non-hydrogen) atoms. The largest absolute Gasteiger partial charge is 0.360 e. The van der Waals surface area contributed by atoms with Gasteiger partial charge >= 0.3 is 0 Å². The number of rotatable bonds is 4. The van der Waals surface area contributed by atoms with Gasteiger partial charge in [0.1, 0.15) is 11.5 Å². The van der Waals surface area contributed by atoms with Gasteiger partial charge in [0.2, 0.25) is 0 Å². The van der Waals surface area contributed by atoms with Crippen LogP contribution in [0.1, 0.15) is 23.9 Å². The van der Waals surface area contributed by atoms with E-state index in [1.807, 2.05) is 18.2 Å². The maximum atomic E-state index is 12.6. The highest BCUT2D eigenvalue weighted by Crippen LogP contribution is 2.37. The molecule has 0 radical (unpaired) electrons. The summed E-state index contributed by atoms with van der Waals surface area (Å²) in [6.07, 6.45) is 2.48. The molecule has 4 rings (SSSR count). The van der Waals surface area contributed by atoms with Crippen molar-refractivity contribution in [3.63, 3.8) is 0 Å². The second-order valence-corrected chi connectivity index (χ2v) is 8.33. The van der Waals surface area contributed by atoms with Crippen molar-refractivity contribution in [2.75, 3.05) is 9.62 Å². The summed E-state index contributed by atoms with van der Waals surface area (Å²) in [5.74, 6) is 1.04.